The summed E-state index contributed by atoms with van der Waals surface area (Å²) in [5.41, 5.74) is -0.168. The molecule has 0 radical (unpaired) electrons. The van der Waals surface area contributed by atoms with Gasteiger partial charge < -0.3 is 15.2 Å². The molecule has 0 atom stereocenters. The number of fused-ring (bicyclic) bond motifs is 1. The molecule has 0 amide bonds. The van der Waals surface area contributed by atoms with E-state index >= 15 is 0 Å². The number of aliphatic imine (C=N–C) groups is 1. The molecule has 0 spiro atoms. The zero-order valence-corrected chi connectivity index (χ0v) is 18.5. The minimum atomic E-state index is -4.34. The Morgan fingerprint density at radius 3 is 2.69 bits per heavy atom. The Hall–Kier alpha value is -2.58. The molecule has 2 aliphatic rings. The number of guanidine groups is 1. The number of hydrogen-bond acceptors (Lipinski definition) is 3. The molecule has 174 valence electrons. The summed E-state index contributed by atoms with van der Waals surface area (Å²) < 4.78 is 42.2. The predicted octanol–water partition coefficient (Wildman–Crippen LogP) is 4.20. The Morgan fingerprint density at radius 1 is 1.12 bits per heavy atom. The molecule has 1 saturated carbocycles. The summed E-state index contributed by atoms with van der Waals surface area (Å²) in [6.45, 7) is 4.57. The highest BCUT2D eigenvalue weighted by atomic mass is 19.4. The van der Waals surface area contributed by atoms with Crippen molar-refractivity contribution in [1.29, 1.82) is 0 Å². The Labute approximate surface area is 186 Å². The van der Waals surface area contributed by atoms with Crippen LogP contribution in [0.5, 0.6) is 0 Å². The molecule has 9 heteroatoms. The van der Waals surface area contributed by atoms with Gasteiger partial charge in [0, 0.05) is 31.5 Å². The van der Waals surface area contributed by atoms with E-state index in [-0.39, 0.29) is 5.41 Å². The van der Waals surface area contributed by atoms with Gasteiger partial charge in [-0.05, 0) is 37.8 Å². The molecule has 1 fully saturated rings. The van der Waals surface area contributed by atoms with Crippen LogP contribution in [0.15, 0.2) is 29.3 Å². The van der Waals surface area contributed by atoms with E-state index in [2.05, 4.69) is 25.4 Å². The van der Waals surface area contributed by atoms with Crippen molar-refractivity contribution in [1.82, 2.24) is 25.4 Å². The molecule has 2 heterocycles. The van der Waals surface area contributed by atoms with E-state index in [0.717, 1.165) is 74.8 Å². The molecular formula is C23H31F3N6. The molecule has 32 heavy (non-hydrogen) atoms. The summed E-state index contributed by atoms with van der Waals surface area (Å²) in [6, 6.07) is 5.85. The molecule has 1 aliphatic heterocycles. The lowest BCUT2D eigenvalue weighted by Crippen LogP contribution is -2.46. The number of rotatable bonds is 6. The van der Waals surface area contributed by atoms with E-state index in [1.54, 1.807) is 0 Å². The third-order valence-corrected chi connectivity index (χ3v) is 6.62. The molecule has 0 unspecified atom stereocenters. The van der Waals surface area contributed by atoms with Crippen LogP contribution < -0.4 is 10.6 Å². The summed E-state index contributed by atoms with van der Waals surface area (Å²) in [5.74, 6) is 2.51. The van der Waals surface area contributed by atoms with Crippen molar-refractivity contribution >= 4 is 5.96 Å². The van der Waals surface area contributed by atoms with Gasteiger partial charge in [-0.3, -0.25) is 0 Å². The molecule has 2 aromatic rings. The van der Waals surface area contributed by atoms with Crippen LogP contribution in [0.2, 0.25) is 0 Å². The number of nitrogens with one attached hydrogen (secondary N) is 2. The standard InChI is InChI=1S/C23H31F3N6/c1-2-27-21(28-15-20-31-30-19-10-7-13-32(19)20)29-16-22(11-4-3-5-12-22)17-8-6-9-18(14-17)23(24,25)26/h6,8-9,14H,2-5,7,10-13,15-16H2,1H3,(H2,27,28,29). The smallest absolute Gasteiger partial charge is 0.357 e. The molecule has 1 aromatic heterocycles. The van der Waals surface area contributed by atoms with Crippen LogP contribution in [-0.4, -0.2) is 33.8 Å². The van der Waals surface area contributed by atoms with E-state index in [0.29, 0.717) is 25.6 Å². The molecule has 1 aliphatic carbocycles. The minimum absolute atomic E-state index is 0.341. The Kier molecular flexibility index (Phi) is 6.71. The quantitative estimate of drug-likeness (QED) is 0.514. The number of aryl methyl sites for hydroxylation is 1. The van der Waals surface area contributed by atoms with Crippen LogP contribution in [0.3, 0.4) is 0 Å². The lowest BCUT2D eigenvalue weighted by Gasteiger charge is -2.38. The van der Waals surface area contributed by atoms with E-state index in [1.165, 1.54) is 12.1 Å². The monoisotopic (exact) mass is 448 g/mol. The van der Waals surface area contributed by atoms with Crippen molar-refractivity contribution in [3.8, 4) is 0 Å². The summed E-state index contributed by atoms with van der Waals surface area (Å²) in [4.78, 5) is 4.69. The van der Waals surface area contributed by atoms with Crippen LogP contribution in [0.1, 0.15) is 68.2 Å². The molecule has 2 N–H and O–H groups in total. The van der Waals surface area contributed by atoms with Gasteiger partial charge in [0.25, 0.3) is 0 Å². The van der Waals surface area contributed by atoms with Gasteiger partial charge >= 0.3 is 6.18 Å². The number of nitrogens with zero attached hydrogens (tertiary/aromatic N) is 4. The minimum Gasteiger partial charge on any atom is -0.357 e. The number of aromatic nitrogens is 3. The van der Waals surface area contributed by atoms with Gasteiger partial charge in [0.15, 0.2) is 11.8 Å². The second-order valence-electron chi connectivity index (χ2n) is 8.76. The SMILES string of the molecule is CCNC(=NCc1nnc2n1CCC2)NCC1(c2cccc(C(F)(F)F)c2)CCCCC1. The molecular weight excluding hydrogens is 417 g/mol. The van der Waals surface area contributed by atoms with Crippen molar-refractivity contribution in [2.75, 3.05) is 13.1 Å². The van der Waals surface area contributed by atoms with Crippen molar-refractivity contribution < 1.29 is 13.2 Å². The van der Waals surface area contributed by atoms with Gasteiger partial charge in [0.05, 0.1) is 5.56 Å². The Morgan fingerprint density at radius 2 is 1.94 bits per heavy atom. The van der Waals surface area contributed by atoms with E-state index in [4.69, 9.17) is 4.99 Å². The normalized spacial score (nSPS) is 18.4. The maximum atomic E-state index is 13.3. The topological polar surface area (TPSA) is 67.1 Å². The van der Waals surface area contributed by atoms with Crippen molar-refractivity contribution in [2.45, 2.75) is 76.6 Å². The van der Waals surface area contributed by atoms with Crippen molar-refractivity contribution in [3.63, 3.8) is 0 Å². The summed E-state index contributed by atoms with van der Waals surface area (Å²) in [6.07, 6.45) is 2.56. The molecule has 0 bridgehead atoms. The highest BCUT2D eigenvalue weighted by Gasteiger charge is 2.37. The lowest BCUT2D eigenvalue weighted by molar-refractivity contribution is -0.137. The average Bonchev–Trinajstić information content (AvgIpc) is 3.40. The first kappa shape index (κ1) is 22.6. The molecule has 4 rings (SSSR count). The summed E-state index contributed by atoms with van der Waals surface area (Å²) in [5, 5.41) is 15.2. The summed E-state index contributed by atoms with van der Waals surface area (Å²) >= 11 is 0. The first-order chi connectivity index (χ1) is 15.4. The largest absolute Gasteiger partial charge is 0.416 e. The van der Waals surface area contributed by atoms with Gasteiger partial charge in [-0.2, -0.15) is 13.2 Å². The van der Waals surface area contributed by atoms with Crippen molar-refractivity contribution in [3.05, 3.63) is 47.0 Å². The maximum Gasteiger partial charge on any atom is 0.416 e. The molecule has 1 aromatic carbocycles. The van der Waals surface area contributed by atoms with Gasteiger partial charge in [-0.25, -0.2) is 4.99 Å². The fraction of sp³-hybridized carbons (Fsp3) is 0.609. The van der Waals surface area contributed by atoms with Gasteiger partial charge in [0.1, 0.15) is 12.4 Å². The third kappa shape index (κ3) is 4.91. The van der Waals surface area contributed by atoms with Crippen molar-refractivity contribution in [2.24, 2.45) is 4.99 Å². The zero-order chi connectivity index (χ0) is 22.6. The summed E-state index contributed by atoms with van der Waals surface area (Å²) in [7, 11) is 0. The van der Waals surface area contributed by atoms with Crippen LogP contribution in [0.25, 0.3) is 0 Å². The first-order valence-corrected chi connectivity index (χ1v) is 11.5. The Bertz CT molecular complexity index is 943. The average molecular weight is 449 g/mol. The second-order valence-corrected chi connectivity index (χ2v) is 8.76. The van der Waals surface area contributed by atoms with Crippen LogP contribution in [0.4, 0.5) is 13.2 Å². The van der Waals surface area contributed by atoms with Gasteiger partial charge in [0.2, 0.25) is 0 Å². The van der Waals surface area contributed by atoms with Gasteiger partial charge in [-0.1, -0.05) is 37.5 Å². The molecule has 6 nitrogen and oxygen atoms in total. The number of hydrogen-bond donors (Lipinski definition) is 2. The number of alkyl halides is 3. The highest BCUT2D eigenvalue weighted by Crippen LogP contribution is 2.41. The second kappa shape index (κ2) is 9.50. The number of benzene rings is 1. The fourth-order valence-corrected chi connectivity index (χ4v) is 4.89. The fourth-order valence-electron chi connectivity index (χ4n) is 4.89. The molecule has 0 saturated heterocycles. The predicted molar refractivity (Wildman–Crippen MR) is 117 cm³/mol. The first-order valence-electron chi connectivity index (χ1n) is 11.5. The van der Waals surface area contributed by atoms with E-state index in [9.17, 15) is 13.2 Å². The highest BCUT2D eigenvalue weighted by molar-refractivity contribution is 5.79. The third-order valence-electron chi connectivity index (χ3n) is 6.62. The van der Waals surface area contributed by atoms with E-state index < -0.39 is 11.7 Å². The maximum absolute atomic E-state index is 13.3. The van der Waals surface area contributed by atoms with Gasteiger partial charge in [-0.15, -0.1) is 10.2 Å². The zero-order valence-electron chi connectivity index (χ0n) is 18.5. The number of halogens is 3. The Balaban J connectivity index is 1.52. The van der Waals surface area contributed by atoms with Crippen LogP contribution in [0, 0.1) is 0 Å². The van der Waals surface area contributed by atoms with E-state index in [1.807, 2.05) is 13.0 Å². The van der Waals surface area contributed by atoms with Crippen LogP contribution >= 0.6 is 0 Å². The van der Waals surface area contributed by atoms with Crippen LogP contribution in [-0.2, 0) is 31.1 Å². The lowest BCUT2D eigenvalue weighted by atomic mass is 9.69.